The molecule has 0 radical (unpaired) electrons. The predicted octanol–water partition coefficient (Wildman–Crippen LogP) is 23.3. The van der Waals surface area contributed by atoms with Crippen LogP contribution in [0.4, 0.5) is 34.1 Å². The molecule has 24 rings (SSSR count). The molecule has 0 bridgehead atoms. The monoisotopic (exact) mass is 1410 g/mol. The Hall–Kier alpha value is -14.0. The fourth-order valence-electron chi connectivity index (χ4n) is 18.9. The summed E-state index contributed by atoms with van der Waals surface area (Å²) in [6.45, 7) is 6.12. The molecule has 0 amide bonds. The molecule has 0 spiro atoms. The van der Waals surface area contributed by atoms with Gasteiger partial charge in [0, 0.05) is 94.4 Å². The molecule has 10 heteroatoms. The summed E-state index contributed by atoms with van der Waals surface area (Å²) < 4.78 is 41.0. The summed E-state index contributed by atoms with van der Waals surface area (Å²) in [7, 11) is 0. The summed E-state index contributed by atoms with van der Waals surface area (Å²) in [6.07, 6.45) is 0. The van der Waals surface area contributed by atoms with E-state index in [2.05, 4.69) is 363 Å². The van der Waals surface area contributed by atoms with Gasteiger partial charge in [-0.05, 0) is 139 Å². The van der Waals surface area contributed by atoms with Crippen molar-refractivity contribution in [2.24, 2.45) is 0 Å². The number of hydrogen-bond acceptors (Lipinski definition) is 7. The summed E-state index contributed by atoms with van der Waals surface area (Å²) in [5.41, 5.74) is 28.8. The normalized spacial score (nSPS) is 13.3. The number of anilines is 6. The topological polar surface area (TPSA) is 69.3 Å². The summed E-state index contributed by atoms with van der Waals surface area (Å²) in [5, 5.41) is 8.36. The van der Waals surface area contributed by atoms with E-state index in [1.54, 1.807) is 0 Å². The van der Waals surface area contributed by atoms with Gasteiger partial charge in [0.2, 0.25) is 0 Å². The molecule has 20 aromatic rings. The van der Waals surface area contributed by atoms with Gasteiger partial charge in [0.1, 0.15) is 45.3 Å². The van der Waals surface area contributed by atoms with Gasteiger partial charge in [0.05, 0.1) is 27.8 Å². The van der Waals surface area contributed by atoms with Crippen molar-refractivity contribution < 1.29 is 22.7 Å². The number of rotatable bonds is 7. The molecule has 8 heterocycles. The van der Waals surface area contributed by atoms with Crippen molar-refractivity contribution >= 4 is 168 Å². The minimum Gasteiger partial charge on any atom is -0.459 e. The van der Waals surface area contributed by atoms with Crippen LogP contribution in [0.3, 0.4) is 0 Å². The standard InChI is InChI=1S/C100H63B2N3O5/c1-100(2,3)63-53-81-90-82(54-63)105(94-66(60-30-12-6-13-31-60)47-49-72-70-37-19-24-42-85(70)108-97(72)94)83-57-88-92-99(109-87-52-62(58-26-8-4-9-27-58)44-50-76(87)101(92)77-56-74(61-32-14-7-15-33-61)95-89(98(77)110-88)73-38-20-25-43-86(73)106-95)91(83)102(90)75-51-45-64(103-78-39-21-16-34-67(78)68-35-17-22-40-79(68)103)55-80(75)104(81)93-65(59-28-10-5-11-29-59)46-48-71-69-36-18-23-41-84(69)107-96(71)93/h4-57H,1-3H3. The molecule has 0 saturated heterocycles. The highest BCUT2D eigenvalue weighted by Gasteiger charge is 2.52. The largest absolute Gasteiger partial charge is 0.459 e. The van der Waals surface area contributed by atoms with Crippen molar-refractivity contribution in [2.45, 2.75) is 26.2 Å². The van der Waals surface area contributed by atoms with Gasteiger partial charge >= 0.3 is 0 Å². The molecule has 4 aliphatic rings. The summed E-state index contributed by atoms with van der Waals surface area (Å²) >= 11 is 0. The highest BCUT2D eigenvalue weighted by Crippen LogP contribution is 2.57. The molecule has 0 fully saturated rings. The lowest BCUT2D eigenvalue weighted by atomic mass is 9.30. The molecule has 16 aromatic carbocycles. The van der Waals surface area contributed by atoms with Crippen molar-refractivity contribution in [3.8, 4) is 73.2 Å². The Labute approximate surface area is 633 Å². The lowest BCUT2D eigenvalue weighted by molar-refractivity contribution is 0.470. The van der Waals surface area contributed by atoms with Gasteiger partial charge in [-0.15, -0.1) is 0 Å². The van der Waals surface area contributed by atoms with E-state index in [1.165, 1.54) is 10.8 Å². The summed E-state index contributed by atoms with van der Waals surface area (Å²) in [4.78, 5) is 5.14. The van der Waals surface area contributed by atoms with Gasteiger partial charge in [-0.2, -0.15) is 0 Å². The van der Waals surface area contributed by atoms with E-state index in [1.807, 2.05) is 0 Å². The number of fused-ring (bicyclic) bond motifs is 22. The molecule has 0 unspecified atom stereocenters. The fraction of sp³-hybridized carbons (Fsp3) is 0.0400. The lowest BCUT2D eigenvalue weighted by Crippen LogP contribution is -2.65. The van der Waals surface area contributed by atoms with Crippen molar-refractivity contribution in [1.82, 2.24) is 4.57 Å². The summed E-state index contributed by atoms with van der Waals surface area (Å²) in [5.74, 6) is 2.95. The molecule has 514 valence electrons. The van der Waals surface area contributed by atoms with Crippen LogP contribution in [0, 0.1) is 0 Å². The Bertz CT molecular complexity index is 7300. The first-order chi connectivity index (χ1) is 54.2. The van der Waals surface area contributed by atoms with E-state index < -0.39 is 18.8 Å². The maximum absolute atomic E-state index is 8.27. The zero-order chi connectivity index (χ0) is 72.4. The van der Waals surface area contributed by atoms with Gasteiger partial charge in [-0.25, -0.2) is 0 Å². The quantitative estimate of drug-likeness (QED) is 0.147. The second-order valence-corrected chi connectivity index (χ2v) is 30.8. The van der Waals surface area contributed by atoms with E-state index in [0.717, 1.165) is 217 Å². The van der Waals surface area contributed by atoms with Crippen LogP contribution in [0.1, 0.15) is 26.3 Å². The zero-order valence-electron chi connectivity index (χ0n) is 60.2. The minimum atomic E-state index is -0.509. The second kappa shape index (κ2) is 22.8. The van der Waals surface area contributed by atoms with Crippen LogP contribution < -0.4 is 52.1 Å². The highest BCUT2D eigenvalue weighted by atomic mass is 16.5. The Balaban J connectivity index is 0.894. The second-order valence-electron chi connectivity index (χ2n) is 30.8. The zero-order valence-corrected chi connectivity index (χ0v) is 60.2. The van der Waals surface area contributed by atoms with E-state index >= 15 is 0 Å². The molecule has 0 atom stereocenters. The van der Waals surface area contributed by atoms with Gasteiger partial charge in [0.25, 0.3) is 13.4 Å². The lowest BCUT2D eigenvalue weighted by Gasteiger charge is -2.47. The van der Waals surface area contributed by atoms with Crippen molar-refractivity contribution in [2.75, 3.05) is 9.80 Å². The molecule has 0 aliphatic carbocycles. The third-order valence-corrected chi connectivity index (χ3v) is 23.8. The Kier molecular flexibility index (Phi) is 12.7. The Morgan fingerprint density at radius 2 is 0.764 bits per heavy atom. The van der Waals surface area contributed by atoms with Crippen molar-refractivity contribution in [3.05, 3.63) is 333 Å². The smallest absolute Gasteiger partial charge is 0.260 e. The number of hydrogen-bond donors (Lipinski definition) is 0. The number of ether oxygens (including phenoxy) is 2. The van der Waals surface area contributed by atoms with Crippen LogP contribution in [0.15, 0.2) is 341 Å². The average molecular weight is 1410 g/mol. The van der Waals surface area contributed by atoms with Crippen LogP contribution in [-0.2, 0) is 5.41 Å². The van der Waals surface area contributed by atoms with E-state index in [4.69, 9.17) is 22.7 Å². The molecule has 4 aromatic heterocycles. The molecule has 8 nitrogen and oxygen atoms in total. The summed E-state index contributed by atoms with van der Waals surface area (Å²) in [6, 6.07) is 119. The van der Waals surface area contributed by atoms with Crippen LogP contribution in [0.25, 0.3) is 138 Å². The van der Waals surface area contributed by atoms with Crippen LogP contribution >= 0.6 is 0 Å². The number of benzene rings is 16. The first-order valence-electron chi connectivity index (χ1n) is 37.9. The first kappa shape index (κ1) is 61.2. The van der Waals surface area contributed by atoms with Gasteiger partial charge in [-0.3, -0.25) is 0 Å². The number of nitrogens with zero attached hydrogens (tertiary/aromatic N) is 3. The fourth-order valence-corrected chi connectivity index (χ4v) is 18.9. The first-order valence-corrected chi connectivity index (χ1v) is 37.9. The molecule has 0 saturated carbocycles. The van der Waals surface area contributed by atoms with E-state index in [-0.39, 0.29) is 0 Å². The van der Waals surface area contributed by atoms with Gasteiger partial charge in [-0.1, -0.05) is 269 Å². The van der Waals surface area contributed by atoms with E-state index in [9.17, 15) is 0 Å². The van der Waals surface area contributed by atoms with Crippen LogP contribution in [0.5, 0.6) is 23.0 Å². The number of aromatic nitrogens is 1. The molecule has 110 heavy (non-hydrogen) atoms. The van der Waals surface area contributed by atoms with Crippen LogP contribution in [-0.4, -0.2) is 18.0 Å². The molecular formula is C100H63B2N3O5. The third-order valence-electron chi connectivity index (χ3n) is 23.8. The Morgan fingerprint density at radius 3 is 1.35 bits per heavy atom. The maximum Gasteiger partial charge on any atom is 0.260 e. The SMILES string of the molecule is CC(C)(C)c1cc2c3c(c1)N(c1c(-c4ccccc4)ccc4c1oc1ccccc14)c1cc4c5c(c1B3c1ccc(-n3c6ccccc6c6ccccc63)cc1N2c1c(-c2ccccc2)ccc2c1oc1ccccc12)Oc1cc(-c2ccccc2)ccc1B5c1cc(-c2ccccc2)c2oc3ccccc3c2c1O4. The highest BCUT2D eigenvalue weighted by molar-refractivity contribution is 7.03. The molecule has 4 aliphatic heterocycles. The maximum atomic E-state index is 8.27. The van der Waals surface area contributed by atoms with Gasteiger partial charge in [0.15, 0.2) is 11.2 Å². The Morgan fingerprint density at radius 1 is 0.291 bits per heavy atom. The van der Waals surface area contributed by atoms with Gasteiger partial charge < -0.3 is 37.1 Å². The number of para-hydroxylation sites is 5. The molecule has 0 N–H and O–H groups in total. The van der Waals surface area contributed by atoms with Crippen LogP contribution in [0.2, 0.25) is 0 Å². The minimum absolute atomic E-state index is 0.407. The predicted molar refractivity (Wildman–Crippen MR) is 455 cm³/mol. The van der Waals surface area contributed by atoms with E-state index in [0.29, 0.717) is 5.75 Å². The average Bonchev–Trinajstić information content (AvgIpc) is 0.881. The number of furan rings is 3. The van der Waals surface area contributed by atoms with Crippen molar-refractivity contribution in [3.63, 3.8) is 0 Å². The molecular weight excluding hydrogens is 1340 g/mol. The van der Waals surface area contributed by atoms with Crippen molar-refractivity contribution in [1.29, 1.82) is 0 Å². The third kappa shape index (κ3) is 8.64.